The van der Waals surface area contributed by atoms with Crippen molar-refractivity contribution >= 4 is 69.5 Å². The molecule has 3 unspecified atom stereocenters. The lowest BCUT2D eigenvalue weighted by Crippen LogP contribution is -2.34. The molecule has 2 aliphatic heterocycles. The molecule has 9 N–H and O–H groups in total. The Labute approximate surface area is 449 Å². The van der Waals surface area contributed by atoms with Crippen molar-refractivity contribution in [2.75, 3.05) is 27.4 Å². The number of halogens is 2. The number of aromatic hydroxyl groups is 1. The molecule has 1 aliphatic carbocycles. The van der Waals surface area contributed by atoms with Gasteiger partial charge >= 0.3 is 35.1 Å². The number of phosphoric ester groups is 1. The molecule has 0 saturated carbocycles. The minimum atomic E-state index is -5.82. The van der Waals surface area contributed by atoms with E-state index in [0.29, 0.717) is 17.5 Å². The third-order valence-electron chi connectivity index (χ3n) is 11.6. The van der Waals surface area contributed by atoms with E-state index in [4.69, 9.17) is 56.4 Å². The number of aliphatic hydroxyl groups excluding tert-OH is 1. The lowest BCUT2D eigenvalue weighted by Gasteiger charge is -2.21. The van der Waals surface area contributed by atoms with Gasteiger partial charge in [-0.25, -0.2) is 23.3 Å². The van der Waals surface area contributed by atoms with Crippen LogP contribution in [0.2, 0.25) is 10.0 Å². The Morgan fingerprint density at radius 1 is 0.923 bits per heavy atom. The number of fused-ring (bicyclic) bond motifs is 2. The highest BCUT2D eigenvalue weighted by molar-refractivity contribution is 7.66. The number of nitrogens with one attached hydrogen (secondary N) is 2. The van der Waals surface area contributed by atoms with Crippen molar-refractivity contribution in [2.24, 2.45) is 5.92 Å². The van der Waals surface area contributed by atoms with Crippen molar-refractivity contribution in [3.05, 3.63) is 130 Å². The third-order valence-corrected chi connectivity index (χ3v) is 16.1. The molecular formula is C47H46Cl2N3O23P3. The van der Waals surface area contributed by atoms with Crippen LogP contribution in [0.4, 0.5) is 0 Å². The first-order chi connectivity index (χ1) is 36.6. The van der Waals surface area contributed by atoms with Crippen LogP contribution in [0.15, 0.2) is 79.6 Å². The first kappa shape index (κ1) is 59.5. The summed E-state index contributed by atoms with van der Waals surface area (Å²) in [6.45, 7) is 2.41. The fraction of sp³-hybridized carbons (Fsp3) is 0.298. The third kappa shape index (κ3) is 13.8. The second-order valence-electron chi connectivity index (χ2n) is 17.4. The van der Waals surface area contributed by atoms with Gasteiger partial charge in [0.15, 0.2) is 28.6 Å². The molecule has 78 heavy (non-hydrogen) atoms. The number of carbonyl (C=O) groups excluding carboxylic acids is 1. The van der Waals surface area contributed by atoms with Gasteiger partial charge in [0.1, 0.15) is 22.4 Å². The summed E-state index contributed by atoms with van der Waals surface area (Å²) in [4.78, 5) is 104. The highest BCUT2D eigenvalue weighted by Gasteiger charge is 2.43. The first-order valence-electron chi connectivity index (χ1n) is 22.7. The maximum absolute atomic E-state index is 13.7. The number of carbonyl (C=O) groups is 2. The Hall–Kier alpha value is -6.20. The summed E-state index contributed by atoms with van der Waals surface area (Å²) >= 11 is 13.0. The van der Waals surface area contributed by atoms with Crippen LogP contribution in [-0.4, -0.2) is 95.9 Å². The number of rotatable bonds is 20. The molecule has 0 bridgehead atoms. The number of benzene rings is 4. The summed E-state index contributed by atoms with van der Waals surface area (Å²) in [6.07, 6.45) is -3.52. The lowest BCUT2D eigenvalue weighted by molar-refractivity contribution is -0.0453. The molecule has 1 fully saturated rings. The topological polar surface area (TPSA) is 389 Å². The highest BCUT2D eigenvalue weighted by Crippen LogP contribution is 2.66. The van der Waals surface area contributed by atoms with E-state index in [9.17, 15) is 62.8 Å². The summed E-state index contributed by atoms with van der Waals surface area (Å²) in [5.41, 5.74) is -1.59. The van der Waals surface area contributed by atoms with Crippen LogP contribution in [0, 0.1) is 17.8 Å². The fourth-order valence-electron chi connectivity index (χ4n) is 8.11. The minimum Gasteiger partial charge on any atom is -0.503 e. The molecule has 4 aromatic rings. The highest BCUT2D eigenvalue weighted by atomic mass is 35.5. The standard InChI is InChI=1S/C47H46Cl2N3O23P3/c1-22(2)14-32(70-20-26-19-52(47(60)51-45(26)57)36-18-31(53)35(72-36)21-71-77(64,65)75-78(66,67)74-76(61,62)63)24-9-7-23(8-10-24)6-5-13-50-44(56)25-11-12-27(46(58)59)28(15-25)37-29-16-33(68-3)40(54)38(48)42(29)73-43-30(37)17-34(69-4)41(55)39(43)49/h7-12,15-17,19,22,31-32,35-36,53-54H,13-14,18,20-21H2,1-4H3,(H,50,56)(H,58,59)(H,64,65)(H,66,67)(H,51,57,60)(H2,61,62,63)/t31-,32?,35-,36-/m1/s1. The minimum absolute atomic E-state index is 0.00325. The summed E-state index contributed by atoms with van der Waals surface area (Å²) in [5, 5.41) is 33.7. The predicted molar refractivity (Wildman–Crippen MR) is 275 cm³/mol. The van der Waals surface area contributed by atoms with Crippen molar-refractivity contribution in [2.45, 2.75) is 57.8 Å². The van der Waals surface area contributed by atoms with Gasteiger partial charge in [-0.3, -0.25) is 28.5 Å². The Morgan fingerprint density at radius 2 is 1.62 bits per heavy atom. The summed E-state index contributed by atoms with van der Waals surface area (Å²) in [5.74, 6) is 2.85. The zero-order valence-electron chi connectivity index (χ0n) is 40.9. The number of nitrogens with zero attached hydrogens (tertiary/aromatic N) is 1. The van der Waals surface area contributed by atoms with Gasteiger partial charge in [-0.05, 0) is 65.9 Å². The van der Waals surface area contributed by atoms with E-state index in [-0.39, 0.29) is 92.1 Å². The Morgan fingerprint density at radius 3 is 2.26 bits per heavy atom. The molecule has 1 aromatic heterocycles. The number of aromatic carboxylic acids is 1. The van der Waals surface area contributed by atoms with Gasteiger partial charge in [0, 0.05) is 40.3 Å². The quantitative estimate of drug-likeness (QED) is 0.0233. The molecule has 1 saturated heterocycles. The monoisotopic (exact) mass is 1180 g/mol. The Bertz CT molecular complexity index is 3680. The van der Waals surface area contributed by atoms with Gasteiger partial charge in [-0.15, -0.1) is 0 Å². The maximum atomic E-state index is 13.7. The summed E-state index contributed by atoms with van der Waals surface area (Å²) < 4.78 is 76.0. The number of amides is 1. The van der Waals surface area contributed by atoms with Gasteiger partial charge in [0.05, 0.1) is 57.3 Å². The Kier molecular flexibility index (Phi) is 18.3. The average molecular weight is 1180 g/mol. The van der Waals surface area contributed by atoms with Crippen molar-refractivity contribution < 1.29 is 94.7 Å². The zero-order chi connectivity index (χ0) is 57.2. The van der Waals surface area contributed by atoms with Crippen LogP contribution in [0.1, 0.15) is 76.4 Å². The number of ether oxygens (including phenoxy) is 4. The zero-order valence-corrected chi connectivity index (χ0v) is 45.1. The van der Waals surface area contributed by atoms with Crippen molar-refractivity contribution in [3.8, 4) is 51.5 Å². The number of carboxylic acids is 1. The lowest BCUT2D eigenvalue weighted by atomic mass is 9.89. The van der Waals surface area contributed by atoms with Crippen molar-refractivity contribution in [1.29, 1.82) is 0 Å². The molecule has 0 radical (unpaired) electrons. The number of phenolic OH excluding ortho intramolecular Hbond substituents is 1. The number of aliphatic hydroxyl groups is 1. The number of hydrogen-bond acceptors (Lipinski definition) is 18. The predicted octanol–water partition coefficient (Wildman–Crippen LogP) is 6.22. The van der Waals surface area contributed by atoms with E-state index in [1.54, 1.807) is 24.3 Å². The van der Waals surface area contributed by atoms with E-state index in [1.807, 2.05) is 13.8 Å². The molecular weight excluding hydrogens is 1140 g/mol. The van der Waals surface area contributed by atoms with E-state index < -0.39 is 93.9 Å². The number of methoxy groups -OCH3 is 2. The number of hydrogen-bond donors (Lipinski definition) is 9. The van der Waals surface area contributed by atoms with Crippen molar-refractivity contribution in [1.82, 2.24) is 14.9 Å². The SMILES string of the molecule is COc1cc2c(-c3cc(C(=O)NCC#Cc4ccc(C(CC(C)C)OCc5cn([C@H]6C[C@@H](O)[C@@H](COP(=O)(O)OP(=O)(O)OP(=O)(O)O)O6)c(=O)[nH]c5=O)cc4)ccc3C(=O)O)c3cc(OC)c(=O)c(Cl)c-3oc2c(Cl)c1O. The van der Waals surface area contributed by atoms with Gasteiger partial charge in [0.2, 0.25) is 5.43 Å². The molecule has 3 aliphatic rings. The Balaban J connectivity index is 1.04. The smallest absolute Gasteiger partial charge is 0.490 e. The number of aromatic amines is 1. The molecule has 6 atom stereocenters. The second-order valence-corrected chi connectivity index (χ2v) is 22.6. The second kappa shape index (κ2) is 24.0. The molecule has 3 heterocycles. The molecule has 3 aromatic carbocycles. The van der Waals surface area contributed by atoms with E-state index >= 15 is 0 Å². The molecule has 26 nitrogen and oxygen atoms in total. The number of phosphoric acid groups is 3. The number of phenols is 1. The van der Waals surface area contributed by atoms with Crippen LogP contribution in [0.5, 0.6) is 17.2 Å². The molecule has 0 spiro atoms. The number of aromatic nitrogens is 2. The first-order valence-corrected chi connectivity index (χ1v) is 27.9. The van der Waals surface area contributed by atoms with Gasteiger partial charge in [0.25, 0.3) is 11.5 Å². The average Bonchev–Trinajstić information content (AvgIpc) is 3.85. The van der Waals surface area contributed by atoms with E-state index in [1.165, 1.54) is 44.6 Å². The van der Waals surface area contributed by atoms with Gasteiger partial charge < -0.3 is 63.6 Å². The van der Waals surface area contributed by atoms with Gasteiger partial charge in [-0.1, -0.05) is 61.0 Å². The van der Waals surface area contributed by atoms with Crippen LogP contribution in [0.3, 0.4) is 0 Å². The van der Waals surface area contributed by atoms with Crippen molar-refractivity contribution in [3.63, 3.8) is 0 Å². The van der Waals surface area contributed by atoms with Crippen LogP contribution in [0.25, 0.3) is 33.4 Å². The van der Waals surface area contributed by atoms with Crippen LogP contribution < -0.4 is 31.5 Å². The fourth-order valence-corrected chi connectivity index (χ4v) is 11.6. The van der Waals surface area contributed by atoms with Crippen LogP contribution in [-0.2, 0) is 42.9 Å². The summed E-state index contributed by atoms with van der Waals surface area (Å²) in [6, 6.07) is 13.4. The van der Waals surface area contributed by atoms with E-state index in [0.717, 1.165) is 10.8 Å². The normalized spacial score (nSPS) is 17.5. The van der Waals surface area contributed by atoms with Gasteiger partial charge in [-0.2, -0.15) is 8.62 Å². The molecule has 7 rings (SSSR count). The molecule has 1 amide bonds. The number of H-pyrrole nitrogens is 1. The van der Waals surface area contributed by atoms with E-state index in [2.05, 4.69) is 35.3 Å². The summed E-state index contributed by atoms with van der Waals surface area (Å²) in [7, 11) is -14.5. The molecule has 31 heteroatoms. The number of carboxylic acid groups (broad SMARTS) is 1. The maximum Gasteiger partial charge on any atom is 0.490 e. The molecule has 416 valence electrons. The van der Waals surface area contributed by atoms with Crippen LogP contribution >= 0.6 is 46.7 Å². The largest absolute Gasteiger partial charge is 0.503 e.